The van der Waals surface area contributed by atoms with Crippen molar-refractivity contribution >= 4 is 41.1 Å². The average Bonchev–Trinajstić information content (AvgIpc) is 2.64. The van der Waals surface area contributed by atoms with E-state index in [9.17, 15) is 4.79 Å². The number of carbonyl (C=O) groups excluding carboxylic acids is 1. The lowest BCUT2D eigenvalue weighted by Crippen LogP contribution is -1.95. The van der Waals surface area contributed by atoms with E-state index in [1.807, 2.05) is 0 Å². The molecule has 0 atom stereocenters. The summed E-state index contributed by atoms with van der Waals surface area (Å²) in [5.74, 6) is 0. The van der Waals surface area contributed by atoms with Gasteiger partial charge in [0.2, 0.25) is 0 Å². The molecule has 0 saturated heterocycles. The summed E-state index contributed by atoms with van der Waals surface area (Å²) in [6.45, 7) is 0. The molecular formula is C11H7Cl3N2O. The maximum Gasteiger partial charge on any atom is 0.155 e. The van der Waals surface area contributed by atoms with Crippen LogP contribution < -0.4 is 0 Å². The predicted octanol–water partition coefficient (Wildman–Crippen LogP) is 3.77. The van der Waals surface area contributed by atoms with E-state index in [1.54, 1.807) is 18.2 Å². The number of halogens is 3. The Labute approximate surface area is 113 Å². The quantitative estimate of drug-likeness (QED) is 0.874. The second-order valence-electron chi connectivity index (χ2n) is 3.39. The smallest absolute Gasteiger partial charge is 0.155 e. The highest BCUT2D eigenvalue weighted by atomic mass is 35.5. The largest absolute Gasteiger partial charge is 0.298 e. The van der Waals surface area contributed by atoms with Crippen LogP contribution in [-0.2, 0) is 6.42 Å². The number of hydrogen-bond acceptors (Lipinski definition) is 2. The Hall–Kier alpha value is -1.03. The lowest BCUT2D eigenvalue weighted by atomic mass is 10.1. The minimum atomic E-state index is 0.221. The predicted molar refractivity (Wildman–Crippen MR) is 68.3 cm³/mol. The SMILES string of the molecule is O=Cc1c(Cc2c(Cl)cccc2Cl)n[nH]c1Cl. The van der Waals surface area contributed by atoms with Crippen LogP contribution in [0.25, 0.3) is 0 Å². The number of aromatic nitrogens is 2. The average molecular weight is 290 g/mol. The van der Waals surface area contributed by atoms with E-state index >= 15 is 0 Å². The summed E-state index contributed by atoms with van der Waals surface area (Å²) < 4.78 is 0. The topological polar surface area (TPSA) is 45.8 Å². The first-order chi connectivity index (χ1) is 8.13. The normalized spacial score (nSPS) is 10.5. The van der Waals surface area contributed by atoms with Gasteiger partial charge >= 0.3 is 0 Å². The number of H-pyrrole nitrogens is 1. The van der Waals surface area contributed by atoms with Crippen molar-refractivity contribution in [2.75, 3.05) is 0 Å². The van der Waals surface area contributed by atoms with Crippen molar-refractivity contribution in [2.24, 2.45) is 0 Å². The van der Waals surface area contributed by atoms with E-state index < -0.39 is 0 Å². The second kappa shape index (κ2) is 5.08. The highest BCUT2D eigenvalue weighted by molar-refractivity contribution is 6.36. The molecule has 0 aliphatic rings. The highest BCUT2D eigenvalue weighted by Gasteiger charge is 2.14. The fourth-order valence-corrected chi connectivity index (χ4v) is 2.21. The molecule has 6 heteroatoms. The molecule has 1 aromatic carbocycles. The van der Waals surface area contributed by atoms with E-state index in [4.69, 9.17) is 34.8 Å². The fraction of sp³-hybridized carbons (Fsp3) is 0.0909. The molecule has 2 rings (SSSR count). The van der Waals surface area contributed by atoms with Crippen molar-refractivity contribution in [3.05, 3.63) is 50.2 Å². The van der Waals surface area contributed by atoms with Crippen LogP contribution in [0.2, 0.25) is 15.2 Å². The van der Waals surface area contributed by atoms with E-state index in [-0.39, 0.29) is 5.15 Å². The number of rotatable bonds is 3. The van der Waals surface area contributed by atoms with Gasteiger partial charge in [-0.2, -0.15) is 5.10 Å². The number of nitrogens with one attached hydrogen (secondary N) is 1. The summed E-state index contributed by atoms with van der Waals surface area (Å²) in [5, 5.41) is 7.80. The highest BCUT2D eigenvalue weighted by Crippen LogP contribution is 2.28. The summed E-state index contributed by atoms with van der Waals surface area (Å²) >= 11 is 17.9. The molecule has 0 bridgehead atoms. The monoisotopic (exact) mass is 288 g/mol. The van der Waals surface area contributed by atoms with Crippen molar-refractivity contribution in [3.63, 3.8) is 0 Å². The number of benzene rings is 1. The molecule has 0 saturated carbocycles. The molecule has 0 aliphatic heterocycles. The minimum Gasteiger partial charge on any atom is -0.298 e. The zero-order chi connectivity index (χ0) is 12.4. The molecule has 0 unspecified atom stereocenters. The lowest BCUT2D eigenvalue weighted by Gasteiger charge is -2.04. The molecule has 1 heterocycles. The molecule has 0 fully saturated rings. The first kappa shape index (κ1) is 12.4. The van der Waals surface area contributed by atoms with Crippen LogP contribution in [0.3, 0.4) is 0 Å². The molecule has 0 spiro atoms. The Morgan fingerprint density at radius 1 is 1.24 bits per heavy atom. The zero-order valence-corrected chi connectivity index (χ0v) is 10.8. The zero-order valence-electron chi connectivity index (χ0n) is 8.51. The molecular weight excluding hydrogens is 282 g/mol. The molecule has 0 amide bonds. The van der Waals surface area contributed by atoms with Crippen LogP contribution in [0.4, 0.5) is 0 Å². The van der Waals surface area contributed by atoms with Gasteiger partial charge in [0.15, 0.2) is 6.29 Å². The third-order valence-electron chi connectivity index (χ3n) is 2.36. The van der Waals surface area contributed by atoms with Crippen LogP contribution in [0.5, 0.6) is 0 Å². The number of aldehydes is 1. The molecule has 0 aliphatic carbocycles. The Morgan fingerprint density at radius 2 is 1.88 bits per heavy atom. The van der Waals surface area contributed by atoms with Crippen molar-refractivity contribution in [2.45, 2.75) is 6.42 Å². The van der Waals surface area contributed by atoms with Crippen LogP contribution in [-0.4, -0.2) is 16.5 Å². The van der Waals surface area contributed by atoms with E-state index in [1.165, 1.54) is 0 Å². The van der Waals surface area contributed by atoms with Crippen LogP contribution in [0.1, 0.15) is 21.6 Å². The summed E-state index contributed by atoms with van der Waals surface area (Å²) in [4.78, 5) is 10.9. The van der Waals surface area contributed by atoms with Gasteiger partial charge in [0, 0.05) is 16.5 Å². The Bertz CT molecular complexity index is 546. The Morgan fingerprint density at radius 3 is 2.47 bits per heavy atom. The standard InChI is InChI=1S/C11H7Cl3N2O/c12-8-2-1-3-9(13)6(8)4-10-7(5-17)11(14)16-15-10/h1-3,5H,4H2,(H,15,16). The maximum absolute atomic E-state index is 10.9. The molecule has 3 nitrogen and oxygen atoms in total. The van der Waals surface area contributed by atoms with E-state index in [0.717, 1.165) is 5.56 Å². The van der Waals surface area contributed by atoms with Crippen LogP contribution >= 0.6 is 34.8 Å². The van der Waals surface area contributed by atoms with Crippen molar-refractivity contribution < 1.29 is 4.79 Å². The number of nitrogens with zero attached hydrogens (tertiary/aromatic N) is 1. The fourth-order valence-electron chi connectivity index (χ4n) is 1.49. The first-order valence-corrected chi connectivity index (χ1v) is 5.87. The van der Waals surface area contributed by atoms with Gasteiger partial charge in [0.05, 0.1) is 11.3 Å². The molecule has 17 heavy (non-hydrogen) atoms. The summed E-state index contributed by atoms with van der Waals surface area (Å²) in [6, 6.07) is 5.22. The molecule has 88 valence electrons. The third kappa shape index (κ3) is 2.46. The van der Waals surface area contributed by atoms with Gasteiger partial charge in [-0.1, -0.05) is 40.9 Å². The van der Waals surface area contributed by atoms with Gasteiger partial charge in [0.25, 0.3) is 0 Å². The van der Waals surface area contributed by atoms with Crippen molar-refractivity contribution in [1.29, 1.82) is 0 Å². The minimum absolute atomic E-state index is 0.221. The van der Waals surface area contributed by atoms with Crippen molar-refractivity contribution in [3.8, 4) is 0 Å². The van der Waals surface area contributed by atoms with Gasteiger partial charge in [0.1, 0.15) is 5.15 Å². The summed E-state index contributed by atoms with van der Waals surface area (Å²) in [6.07, 6.45) is 1.02. The van der Waals surface area contributed by atoms with E-state index in [0.29, 0.717) is 34.0 Å². The van der Waals surface area contributed by atoms with Gasteiger partial charge in [-0.05, 0) is 17.7 Å². The number of carbonyl (C=O) groups is 1. The third-order valence-corrected chi connectivity index (χ3v) is 3.36. The number of hydrogen-bond donors (Lipinski definition) is 1. The Balaban J connectivity index is 2.41. The molecule has 1 aromatic heterocycles. The second-order valence-corrected chi connectivity index (χ2v) is 4.59. The summed E-state index contributed by atoms with van der Waals surface area (Å²) in [7, 11) is 0. The van der Waals surface area contributed by atoms with Gasteiger partial charge < -0.3 is 0 Å². The van der Waals surface area contributed by atoms with Crippen molar-refractivity contribution in [1.82, 2.24) is 10.2 Å². The van der Waals surface area contributed by atoms with Gasteiger partial charge in [-0.3, -0.25) is 9.89 Å². The first-order valence-electron chi connectivity index (χ1n) is 4.74. The van der Waals surface area contributed by atoms with E-state index in [2.05, 4.69) is 10.2 Å². The number of aromatic amines is 1. The lowest BCUT2D eigenvalue weighted by molar-refractivity contribution is 0.112. The summed E-state index contributed by atoms with van der Waals surface area (Å²) in [5.41, 5.74) is 1.59. The molecule has 0 radical (unpaired) electrons. The molecule has 1 N–H and O–H groups in total. The maximum atomic E-state index is 10.9. The van der Waals surface area contributed by atoms with Crippen LogP contribution in [0, 0.1) is 0 Å². The Kier molecular flexibility index (Phi) is 3.72. The molecule has 2 aromatic rings. The van der Waals surface area contributed by atoms with Gasteiger partial charge in [-0.25, -0.2) is 0 Å². The van der Waals surface area contributed by atoms with Crippen LogP contribution in [0.15, 0.2) is 18.2 Å². The van der Waals surface area contributed by atoms with Gasteiger partial charge in [-0.15, -0.1) is 0 Å².